The van der Waals surface area contributed by atoms with E-state index in [0.717, 1.165) is 11.1 Å². The normalized spacial score (nSPS) is 46.6. The van der Waals surface area contributed by atoms with E-state index in [-0.39, 0.29) is 23.5 Å². The topological polar surface area (TPSA) is 245 Å². The van der Waals surface area contributed by atoms with E-state index >= 15 is 0 Å². The highest BCUT2D eigenvalue weighted by molar-refractivity contribution is 5.74. The number of hydrogen-bond acceptors (Lipinski definition) is 14. The highest BCUT2D eigenvalue weighted by atomic mass is 16.7. The third kappa shape index (κ3) is 4.43. The van der Waals surface area contributed by atoms with Gasteiger partial charge in [0, 0.05) is 22.9 Å². The molecule has 3 saturated heterocycles. The second-order valence-electron chi connectivity index (χ2n) is 12.6. The molecule has 16 heteroatoms. The zero-order valence-corrected chi connectivity index (χ0v) is 23.9. The summed E-state index contributed by atoms with van der Waals surface area (Å²) in [4.78, 5) is 25.6. The summed E-state index contributed by atoms with van der Waals surface area (Å²) < 4.78 is 29.4. The molecule has 0 amide bonds. The van der Waals surface area contributed by atoms with E-state index in [9.17, 15) is 50.4 Å². The van der Waals surface area contributed by atoms with Crippen molar-refractivity contribution >= 4 is 11.9 Å². The quantitative estimate of drug-likeness (QED) is 0.142. The van der Waals surface area contributed by atoms with Gasteiger partial charge in [0.05, 0.1) is 0 Å². The molecular weight excluding hydrogens is 602 g/mol. The molecule has 0 radical (unpaired) electrons. The van der Waals surface area contributed by atoms with E-state index in [1.807, 2.05) is 19.2 Å². The Morgan fingerprint density at radius 2 is 1.49 bits per heavy atom. The van der Waals surface area contributed by atoms with Gasteiger partial charge in [-0.15, -0.1) is 0 Å². The number of likely N-dealkylation sites (tertiary alicyclic amines) is 1. The van der Waals surface area contributed by atoms with Crippen molar-refractivity contribution in [2.24, 2.45) is 5.92 Å². The van der Waals surface area contributed by atoms with Crippen LogP contribution < -0.4 is 9.47 Å². The van der Waals surface area contributed by atoms with E-state index < -0.39 is 91.0 Å². The number of hydrogen-bond donors (Lipinski definition) is 8. The molecule has 45 heavy (non-hydrogen) atoms. The van der Waals surface area contributed by atoms with Crippen LogP contribution in [0.3, 0.4) is 0 Å². The second kappa shape index (κ2) is 10.8. The molecule has 15 atom stereocenters. The molecule has 4 aliphatic heterocycles. The van der Waals surface area contributed by atoms with Crippen LogP contribution in [0.4, 0.5) is 0 Å². The monoisotopic (exact) mass is 637 g/mol. The number of rotatable bonds is 6. The lowest BCUT2D eigenvalue weighted by atomic mass is 9.53. The first-order valence-corrected chi connectivity index (χ1v) is 14.7. The lowest BCUT2D eigenvalue weighted by Gasteiger charge is -2.57. The Morgan fingerprint density at radius 3 is 2.13 bits per heavy atom. The Morgan fingerprint density at radius 1 is 0.867 bits per heavy atom. The van der Waals surface area contributed by atoms with Crippen LogP contribution in [0.1, 0.15) is 17.5 Å². The van der Waals surface area contributed by atoms with Crippen LogP contribution in [-0.4, -0.2) is 151 Å². The lowest BCUT2D eigenvalue weighted by molar-refractivity contribution is -0.307. The third-order valence-corrected chi connectivity index (χ3v) is 10.3. The molecular formula is C29H35NO15. The van der Waals surface area contributed by atoms with E-state index in [2.05, 4.69) is 4.90 Å². The van der Waals surface area contributed by atoms with Gasteiger partial charge in [0.1, 0.15) is 48.8 Å². The Labute approximate surface area is 255 Å². The number of likely N-dealkylation sites (N-methyl/N-ethyl adjacent to an activating group) is 1. The summed E-state index contributed by atoms with van der Waals surface area (Å²) in [5.41, 5.74) is 1.10. The van der Waals surface area contributed by atoms with Crippen molar-refractivity contribution in [2.45, 2.75) is 97.9 Å². The van der Waals surface area contributed by atoms with Gasteiger partial charge >= 0.3 is 11.9 Å². The molecule has 0 aromatic heterocycles. The molecule has 4 heterocycles. The molecule has 246 valence electrons. The fourth-order valence-corrected chi connectivity index (χ4v) is 8.01. The Kier molecular flexibility index (Phi) is 7.40. The molecule has 0 saturated carbocycles. The van der Waals surface area contributed by atoms with E-state index in [1.54, 1.807) is 12.1 Å². The molecule has 2 bridgehead atoms. The number of aliphatic hydroxyl groups excluding tert-OH is 6. The number of piperidine rings is 1. The fourth-order valence-electron chi connectivity index (χ4n) is 8.01. The van der Waals surface area contributed by atoms with Crippen molar-refractivity contribution in [1.29, 1.82) is 0 Å². The van der Waals surface area contributed by atoms with Crippen LogP contribution in [-0.2, 0) is 35.6 Å². The van der Waals surface area contributed by atoms with Gasteiger partial charge in [-0.3, -0.25) is 0 Å². The van der Waals surface area contributed by atoms with E-state index in [0.29, 0.717) is 19.4 Å². The summed E-state index contributed by atoms with van der Waals surface area (Å²) in [6, 6.07) is 3.53. The van der Waals surface area contributed by atoms with E-state index in [4.69, 9.17) is 23.7 Å². The maximum Gasteiger partial charge on any atom is 0.335 e. The molecule has 16 nitrogen and oxygen atoms in total. The first-order chi connectivity index (χ1) is 21.3. The molecule has 8 N–H and O–H groups in total. The fraction of sp³-hybridized carbons (Fsp3) is 0.655. The Bertz CT molecular complexity index is 1410. The van der Waals surface area contributed by atoms with Gasteiger partial charge in [-0.25, -0.2) is 9.59 Å². The van der Waals surface area contributed by atoms with Crippen LogP contribution >= 0.6 is 0 Å². The minimum Gasteiger partial charge on any atom is -0.482 e. The maximum atomic E-state index is 11.7. The molecule has 0 unspecified atom stereocenters. The van der Waals surface area contributed by atoms with Gasteiger partial charge < -0.3 is 69.4 Å². The summed E-state index contributed by atoms with van der Waals surface area (Å²) >= 11 is 0. The number of aliphatic hydroxyl groups is 6. The number of ether oxygens (including phenoxy) is 5. The van der Waals surface area contributed by atoms with Gasteiger partial charge in [-0.2, -0.15) is 0 Å². The first-order valence-electron chi connectivity index (χ1n) is 14.7. The van der Waals surface area contributed by atoms with Crippen molar-refractivity contribution in [3.8, 4) is 11.5 Å². The lowest BCUT2D eigenvalue weighted by Crippen LogP contribution is -2.66. The standard InChI is InChI=1S/C29H35NO15/c1-30-7-6-29-10-3-5-13(42-28-20(36)16(32)18(34)23(45-28)26(39)40)24(29)43-21-12(4-2-9(14(21)29)8-11(10)30)41-27-19(35)15(31)17(33)22(44-27)25(37)38/h2-5,10-11,13,15-20,22-24,27-28,31-36H,6-8H2,1H3,(H,37,38)(H,39,40)/t10-,11+,13-,15-,16-,17-,18-,19+,20+,22-,23-,24-,27+,28+,29-/m0/s1. The Balaban J connectivity index is 1.24. The zero-order chi connectivity index (χ0) is 32.1. The summed E-state index contributed by atoms with van der Waals surface area (Å²) in [6.45, 7) is 0.689. The van der Waals surface area contributed by atoms with Crippen molar-refractivity contribution < 1.29 is 74.1 Å². The summed E-state index contributed by atoms with van der Waals surface area (Å²) in [5, 5.41) is 81.1. The minimum atomic E-state index is -1.90. The second-order valence-corrected chi connectivity index (χ2v) is 12.6. The predicted molar refractivity (Wildman–Crippen MR) is 144 cm³/mol. The van der Waals surface area contributed by atoms with Crippen LogP contribution in [0, 0.1) is 5.92 Å². The summed E-state index contributed by atoms with van der Waals surface area (Å²) in [7, 11) is 2.04. The number of benzene rings is 1. The predicted octanol–water partition coefficient (Wildman–Crippen LogP) is -3.32. The van der Waals surface area contributed by atoms with Crippen molar-refractivity contribution in [3.63, 3.8) is 0 Å². The number of carboxylic acid groups (broad SMARTS) is 2. The molecule has 6 aliphatic rings. The first kappa shape index (κ1) is 30.7. The van der Waals surface area contributed by atoms with Gasteiger partial charge in [0.15, 0.2) is 30.0 Å². The Hall–Kier alpha value is -2.90. The average Bonchev–Trinajstić information content (AvgIpc) is 3.36. The summed E-state index contributed by atoms with van der Waals surface area (Å²) in [5.74, 6) is -2.79. The van der Waals surface area contributed by atoms with Crippen molar-refractivity contribution in [1.82, 2.24) is 4.90 Å². The maximum absolute atomic E-state index is 11.7. The van der Waals surface area contributed by atoms with Crippen LogP contribution in [0.5, 0.6) is 11.5 Å². The molecule has 2 aliphatic carbocycles. The molecule has 3 fully saturated rings. The molecule has 7 rings (SSSR count). The zero-order valence-electron chi connectivity index (χ0n) is 23.9. The smallest absolute Gasteiger partial charge is 0.335 e. The highest BCUT2D eigenvalue weighted by Gasteiger charge is 2.65. The number of carboxylic acids is 2. The van der Waals surface area contributed by atoms with Gasteiger partial charge in [-0.05, 0) is 38.1 Å². The van der Waals surface area contributed by atoms with Gasteiger partial charge in [0.25, 0.3) is 0 Å². The van der Waals surface area contributed by atoms with Gasteiger partial charge in [0.2, 0.25) is 6.29 Å². The average molecular weight is 638 g/mol. The van der Waals surface area contributed by atoms with Crippen molar-refractivity contribution in [3.05, 3.63) is 35.4 Å². The highest BCUT2D eigenvalue weighted by Crippen LogP contribution is 2.63. The molecule has 1 aromatic rings. The number of aliphatic carboxylic acids is 2. The third-order valence-electron chi connectivity index (χ3n) is 10.3. The van der Waals surface area contributed by atoms with Crippen LogP contribution in [0.2, 0.25) is 0 Å². The van der Waals surface area contributed by atoms with Crippen LogP contribution in [0.15, 0.2) is 24.3 Å². The molecule has 1 spiro atoms. The number of carbonyl (C=O) groups is 2. The molecule has 1 aromatic carbocycles. The van der Waals surface area contributed by atoms with Crippen molar-refractivity contribution in [2.75, 3.05) is 13.6 Å². The number of nitrogens with zero attached hydrogens (tertiary/aromatic N) is 1. The van der Waals surface area contributed by atoms with E-state index in [1.165, 1.54) is 0 Å². The summed E-state index contributed by atoms with van der Waals surface area (Å²) in [6.07, 6.45) is -14.8. The van der Waals surface area contributed by atoms with Crippen LogP contribution in [0.25, 0.3) is 0 Å². The SMILES string of the molecule is CN1CC[C@]23c4c5ccc(O[C@@H]6O[C@H](C(=O)O)[C@@H](O)[C@H](O)[C@H]6O)c4O[C@H]2[C@@H](O[C@@H]2O[C@H](C(=O)O)[C@@H](O)[C@H](O)[C@H]2O)C=C[C@H]3[C@H]1C5. The minimum absolute atomic E-state index is 0.0636. The van der Waals surface area contributed by atoms with Gasteiger partial charge in [-0.1, -0.05) is 18.2 Å². The largest absolute Gasteiger partial charge is 0.482 e.